The Labute approximate surface area is 612 Å². The van der Waals surface area contributed by atoms with Crippen molar-refractivity contribution in [3.8, 4) is 78.4 Å². The molecular weight excluding hydrogens is 1280 g/mol. The van der Waals surface area contributed by atoms with Crippen molar-refractivity contribution >= 4 is 120 Å². The smallest absolute Gasteiger partial charge is 0.0541 e. The van der Waals surface area contributed by atoms with Crippen LogP contribution < -0.4 is 0 Å². The van der Waals surface area contributed by atoms with Gasteiger partial charge in [-0.1, -0.05) is 261 Å². The molecule has 0 amide bonds. The molecule has 0 unspecified atom stereocenters. The second kappa shape index (κ2) is 24.9. The van der Waals surface area contributed by atoms with Crippen LogP contribution in [0.3, 0.4) is 0 Å². The molecule has 0 atom stereocenters. The second-order valence-corrected chi connectivity index (χ2v) is 28.0. The highest BCUT2D eigenvalue weighted by Crippen LogP contribution is 2.43. The molecule has 0 saturated carbocycles. The summed E-state index contributed by atoms with van der Waals surface area (Å²) in [5.74, 6) is 0. The number of fused-ring (bicyclic) bond motifs is 16. The average molecular weight is 1350 g/mol. The van der Waals surface area contributed by atoms with Crippen LogP contribution in [-0.2, 0) is 0 Å². The highest BCUT2D eigenvalue weighted by atomic mass is 15.0. The summed E-state index contributed by atoms with van der Waals surface area (Å²) in [6, 6.07) is 146. The third kappa shape index (κ3) is 10.1. The first-order valence-corrected chi connectivity index (χ1v) is 36.5. The molecule has 0 aliphatic carbocycles. The lowest BCUT2D eigenvalue weighted by Gasteiger charge is -2.13. The zero-order chi connectivity index (χ0) is 69.8. The quantitative estimate of drug-likeness (QED) is 0.128. The SMILES string of the molecule is c1ccc(-c2cc(-c3ccccc3)cc(-c3ccc(-n4c5ccccc5c5cc(-c6ccc7c(c6)c6ccccc6n7-c6ccccc6)ccc54)cc3)c2)cc1.c1ccc2cc(-n3c4ccccc4c4cc(-c5ccc6c(c5)c5ccccc5n6-c5ccc6c(ccc7ccccc76)c5)ccc43)ccc2c1. The first-order valence-electron chi connectivity index (χ1n) is 36.5. The van der Waals surface area contributed by atoms with Crippen molar-refractivity contribution in [1.82, 2.24) is 18.3 Å². The summed E-state index contributed by atoms with van der Waals surface area (Å²) >= 11 is 0. The summed E-state index contributed by atoms with van der Waals surface area (Å²) in [4.78, 5) is 0. The molecule has 0 radical (unpaired) electrons. The standard InChI is InChI=1S/C54H36N2.C48H30N2/c1-4-14-37(15-5-1)42-32-43(38-16-6-2-7-17-38)34-44(33-42)39-24-28-46(29-25-39)56-52-23-13-11-21-48(52)50-36-41(27-31-54(50)56)40-26-30-53-49(35-40)47-20-10-12-22-51(47)55(53)45-18-8-3-9-19-45;1-2-11-33-27-37(22-19-31(33)9-1)49-45-15-7-5-13-41(45)43-29-34(20-25-47(43)49)35-21-26-48-44(30-35)42-14-6-8-16-46(42)50(48)38-23-24-40-36(28-38)18-17-32-10-3-4-12-39(32)40/h1-36H;1-30H. The highest BCUT2D eigenvalue weighted by molar-refractivity contribution is 6.16. The fraction of sp³-hybridized carbons (Fsp3) is 0. The number of hydrogen-bond donors (Lipinski definition) is 0. The Balaban J connectivity index is 0.000000137. The molecule has 494 valence electrons. The molecule has 106 heavy (non-hydrogen) atoms. The van der Waals surface area contributed by atoms with Gasteiger partial charge in [0.05, 0.1) is 44.1 Å². The van der Waals surface area contributed by atoms with Crippen LogP contribution in [0.25, 0.3) is 198 Å². The fourth-order valence-electron chi connectivity index (χ4n) is 16.9. The molecule has 0 saturated heterocycles. The number of rotatable bonds is 9. The lowest BCUT2D eigenvalue weighted by Crippen LogP contribution is -1.94. The van der Waals surface area contributed by atoms with E-state index in [9.17, 15) is 0 Å². The maximum atomic E-state index is 2.42. The first kappa shape index (κ1) is 60.7. The van der Waals surface area contributed by atoms with Crippen LogP contribution in [0.4, 0.5) is 0 Å². The van der Waals surface area contributed by atoms with E-state index < -0.39 is 0 Å². The Morgan fingerprint density at radius 2 is 0.387 bits per heavy atom. The maximum absolute atomic E-state index is 2.42. The topological polar surface area (TPSA) is 19.7 Å². The van der Waals surface area contributed by atoms with Gasteiger partial charge in [-0.05, 0) is 227 Å². The largest absolute Gasteiger partial charge is 0.309 e. The Kier molecular flexibility index (Phi) is 14.2. The van der Waals surface area contributed by atoms with Crippen LogP contribution in [0.5, 0.6) is 0 Å². The van der Waals surface area contributed by atoms with E-state index in [4.69, 9.17) is 0 Å². The number of benzene rings is 18. The van der Waals surface area contributed by atoms with Crippen molar-refractivity contribution in [2.45, 2.75) is 0 Å². The summed E-state index contributed by atoms with van der Waals surface area (Å²) in [6.45, 7) is 0. The van der Waals surface area contributed by atoms with Crippen LogP contribution >= 0.6 is 0 Å². The van der Waals surface area contributed by atoms with Crippen molar-refractivity contribution < 1.29 is 0 Å². The van der Waals surface area contributed by atoms with Crippen molar-refractivity contribution in [3.05, 3.63) is 400 Å². The van der Waals surface area contributed by atoms with E-state index in [1.54, 1.807) is 0 Å². The number of para-hydroxylation sites is 5. The van der Waals surface area contributed by atoms with Gasteiger partial charge < -0.3 is 18.3 Å². The Morgan fingerprint density at radius 1 is 0.113 bits per heavy atom. The monoisotopic (exact) mass is 1350 g/mol. The van der Waals surface area contributed by atoms with Gasteiger partial charge in [-0.15, -0.1) is 0 Å². The zero-order valence-electron chi connectivity index (χ0n) is 57.9. The third-order valence-electron chi connectivity index (χ3n) is 22.0. The minimum Gasteiger partial charge on any atom is -0.309 e. The summed E-state index contributed by atoms with van der Waals surface area (Å²) in [6.07, 6.45) is 0. The Morgan fingerprint density at radius 3 is 0.830 bits per heavy atom. The third-order valence-corrected chi connectivity index (χ3v) is 22.0. The van der Waals surface area contributed by atoms with Crippen molar-refractivity contribution in [2.24, 2.45) is 0 Å². The molecule has 4 nitrogen and oxygen atoms in total. The molecule has 0 spiro atoms. The van der Waals surface area contributed by atoms with Gasteiger partial charge in [-0.3, -0.25) is 0 Å². The van der Waals surface area contributed by atoms with E-state index in [0.717, 1.165) is 5.69 Å². The van der Waals surface area contributed by atoms with Gasteiger partial charge >= 0.3 is 0 Å². The Hall–Kier alpha value is -14.1. The van der Waals surface area contributed by atoms with Gasteiger partial charge in [0.2, 0.25) is 0 Å². The molecule has 4 heterocycles. The lowest BCUT2D eigenvalue weighted by molar-refractivity contribution is 1.18. The molecular formula is C102H66N4. The van der Waals surface area contributed by atoms with Gasteiger partial charge in [0.1, 0.15) is 0 Å². The molecule has 0 fully saturated rings. The van der Waals surface area contributed by atoms with Crippen LogP contribution in [0.15, 0.2) is 400 Å². The van der Waals surface area contributed by atoms with Crippen molar-refractivity contribution in [2.75, 3.05) is 0 Å². The second-order valence-electron chi connectivity index (χ2n) is 28.0. The molecule has 4 heteroatoms. The average Bonchev–Trinajstić information content (AvgIpc) is 1.59. The summed E-state index contributed by atoms with van der Waals surface area (Å²) in [7, 11) is 0. The Bertz CT molecular complexity index is 7180. The minimum atomic E-state index is 1.14. The molecule has 0 N–H and O–H groups in total. The lowest BCUT2D eigenvalue weighted by atomic mass is 9.93. The predicted molar refractivity (Wildman–Crippen MR) is 450 cm³/mol. The fourth-order valence-corrected chi connectivity index (χ4v) is 16.9. The molecule has 0 aliphatic heterocycles. The van der Waals surface area contributed by atoms with Crippen molar-refractivity contribution in [3.63, 3.8) is 0 Å². The predicted octanol–water partition coefficient (Wildman–Crippen LogP) is 27.6. The molecule has 4 aromatic heterocycles. The molecule has 22 rings (SSSR count). The minimum absolute atomic E-state index is 1.14. The van der Waals surface area contributed by atoms with Crippen LogP contribution in [-0.4, -0.2) is 18.3 Å². The van der Waals surface area contributed by atoms with Gasteiger partial charge in [-0.2, -0.15) is 0 Å². The van der Waals surface area contributed by atoms with E-state index in [2.05, 4.69) is 419 Å². The first-order chi connectivity index (χ1) is 52.5. The molecule has 22 aromatic rings. The molecule has 0 aliphatic rings. The normalized spacial score (nSPS) is 11.8. The van der Waals surface area contributed by atoms with E-state index >= 15 is 0 Å². The summed E-state index contributed by atoms with van der Waals surface area (Å²) < 4.78 is 9.61. The number of nitrogens with zero attached hydrogens (tertiary/aromatic N) is 4. The van der Waals surface area contributed by atoms with Gasteiger partial charge in [0.15, 0.2) is 0 Å². The number of aromatic nitrogens is 4. The van der Waals surface area contributed by atoms with E-state index in [1.807, 2.05) is 0 Å². The van der Waals surface area contributed by atoms with Gasteiger partial charge in [0, 0.05) is 65.8 Å². The maximum Gasteiger partial charge on any atom is 0.0541 e. The van der Waals surface area contributed by atoms with E-state index in [0.29, 0.717) is 0 Å². The van der Waals surface area contributed by atoms with Gasteiger partial charge in [0.25, 0.3) is 0 Å². The highest BCUT2D eigenvalue weighted by Gasteiger charge is 2.20. The molecule has 0 bridgehead atoms. The van der Waals surface area contributed by atoms with Crippen molar-refractivity contribution in [1.29, 1.82) is 0 Å². The van der Waals surface area contributed by atoms with Crippen LogP contribution in [0.1, 0.15) is 0 Å². The number of hydrogen-bond acceptors (Lipinski definition) is 0. The van der Waals surface area contributed by atoms with Crippen LogP contribution in [0.2, 0.25) is 0 Å². The van der Waals surface area contributed by atoms with Gasteiger partial charge in [-0.25, -0.2) is 0 Å². The van der Waals surface area contributed by atoms with Crippen LogP contribution in [0, 0.1) is 0 Å². The molecule has 18 aromatic carbocycles. The van der Waals surface area contributed by atoms with E-state index in [1.165, 1.54) is 192 Å². The summed E-state index contributed by atoms with van der Waals surface area (Å²) in [5.41, 5.74) is 26.5. The summed E-state index contributed by atoms with van der Waals surface area (Å²) in [5, 5.41) is 17.7. The zero-order valence-corrected chi connectivity index (χ0v) is 57.9. The van der Waals surface area contributed by atoms with E-state index in [-0.39, 0.29) is 0 Å².